The Morgan fingerprint density at radius 2 is 1.18 bits per heavy atom. The molecule has 0 aliphatic carbocycles. The molecule has 2 aliphatic rings. The summed E-state index contributed by atoms with van der Waals surface area (Å²) >= 11 is 0. The normalized spacial score (nSPS) is 20.4. The summed E-state index contributed by atoms with van der Waals surface area (Å²) in [6.07, 6.45) is 8.04. The van der Waals surface area contributed by atoms with Crippen LogP contribution in [0, 0.1) is 0 Å². The quantitative estimate of drug-likeness (QED) is 0.621. The first kappa shape index (κ1) is 21.2. The third kappa shape index (κ3) is 6.55. The van der Waals surface area contributed by atoms with Gasteiger partial charge in [0.25, 0.3) is 0 Å². The molecule has 0 aromatic carbocycles. The van der Waals surface area contributed by atoms with Gasteiger partial charge >= 0.3 is 0 Å². The molecule has 2 aliphatic heterocycles. The molecular formula is C20H36N6O2. The van der Waals surface area contributed by atoms with Gasteiger partial charge in [0.2, 0.25) is 0 Å². The summed E-state index contributed by atoms with van der Waals surface area (Å²) < 4.78 is 10.4. The fourth-order valence-corrected chi connectivity index (χ4v) is 3.98. The Kier molecular flexibility index (Phi) is 8.72. The van der Waals surface area contributed by atoms with E-state index in [1.807, 2.05) is 0 Å². The van der Waals surface area contributed by atoms with Crippen molar-refractivity contribution in [2.45, 2.75) is 37.8 Å². The van der Waals surface area contributed by atoms with E-state index in [1.54, 1.807) is 26.6 Å². The molecule has 2 saturated heterocycles. The van der Waals surface area contributed by atoms with Crippen molar-refractivity contribution in [1.82, 2.24) is 19.8 Å². The van der Waals surface area contributed by atoms with E-state index in [0.717, 1.165) is 89.8 Å². The smallest absolute Gasteiger partial charge is 0.169 e. The molecule has 8 heteroatoms. The van der Waals surface area contributed by atoms with Crippen LogP contribution in [0.3, 0.4) is 0 Å². The van der Waals surface area contributed by atoms with E-state index < -0.39 is 0 Å². The van der Waals surface area contributed by atoms with E-state index in [2.05, 4.69) is 30.4 Å². The van der Waals surface area contributed by atoms with E-state index in [4.69, 9.17) is 9.47 Å². The van der Waals surface area contributed by atoms with Crippen LogP contribution in [0.15, 0.2) is 12.4 Å². The molecule has 0 atom stereocenters. The highest BCUT2D eigenvalue weighted by atomic mass is 16.5. The van der Waals surface area contributed by atoms with Gasteiger partial charge in [0.05, 0.1) is 13.2 Å². The molecule has 28 heavy (non-hydrogen) atoms. The van der Waals surface area contributed by atoms with Gasteiger partial charge in [0.1, 0.15) is 0 Å². The van der Waals surface area contributed by atoms with Gasteiger partial charge in [-0.3, -0.25) is 0 Å². The van der Waals surface area contributed by atoms with Crippen molar-refractivity contribution in [3.8, 4) is 0 Å². The van der Waals surface area contributed by atoms with Gasteiger partial charge in [-0.2, -0.15) is 0 Å². The van der Waals surface area contributed by atoms with Gasteiger partial charge in [-0.15, -0.1) is 0 Å². The topological polar surface area (TPSA) is 74.8 Å². The van der Waals surface area contributed by atoms with Gasteiger partial charge in [-0.05, 0) is 25.7 Å². The maximum atomic E-state index is 5.19. The molecule has 0 radical (unpaired) electrons. The van der Waals surface area contributed by atoms with Crippen LogP contribution >= 0.6 is 0 Å². The Bertz CT molecular complexity index is 510. The maximum Gasteiger partial charge on any atom is 0.169 e. The number of rotatable bonds is 10. The van der Waals surface area contributed by atoms with Crippen LogP contribution < -0.4 is 10.6 Å². The monoisotopic (exact) mass is 392 g/mol. The van der Waals surface area contributed by atoms with Crippen molar-refractivity contribution < 1.29 is 9.47 Å². The predicted octanol–water partition coefficient (Wildman–Crippen LogP) is 1.52. The molecule has 1 aromatic rings. The SMILES string of the molecule is COCCN1CCC(Nc2nccnc2NC2CCN(CCOC)CC2)CC1. The minimum absolute atomic E-state index is 0.451. The van der Waals surface area contributed by atoms with Gasteiger partial charge in [-0.1, -0.05) is 0 Å². The molecule has 3 heterocycles. The number of nitrogens with one attached hydrogen (secondary N) is 2. The van der Waals surface area contributed by atoms with Crippen molar-refractivity contribution in [3.05, 3.63) is 12.4 Å². The van der Waals surface area contributed by atoms with Gasteiger partial charge in [0, 0.05) is 78.0 Å². The summed E-state index contributed by atoms with van der Waals surface area (Å²) in [6, 6.07) is 0.902. The van der Waals surface area contributed by atoms with Gasteiger partial charge in [0.15, 0.2) is 11.6 Å². The zero-order valence-corrected chi connectivity index (χ0v) is 17.4. The van der Waals surface area contributed by atoms with Gasteiger partial charge in [-0.25, -0.2) is 9.97 Å². The van der Waals surface area contributed by atoms with Crippen LogP contribution in [0.4, 0.5) is 11.6 Å². The number of methoxy groups -OCH3 is 2. The highest BCUT2D eigenvalue weighted by molar-refractivity contribution is 5.59. The second-order valence-corrected chi connectivity index (χ2v) is 7.76. The number of likely N-dealkylation sites (tertiary alicyclic amines) is 2. The largest absolute Gasteiger partial charge is 0.383 e. The lowest BCUT2D eigenvalue weighted by molar-refractivity contribution is 0.132. The van der Waals surface area contributed by atoms with Crippen molar-refractivity contribution in [2.75, 3.05) is 77.3 Å². The first-order chi connectivity index (χ1) is 13.8. The summed E-state index contributed by atoms with van der Waals surface area (Å²) in [4.78, 5) is 14.1. The van der Waals surface area contributed by atoms with Crippen LogP contribution in [0.1, 0.15) is 25.7 Å². The van der Waals surface area contributed by atoms with E-state index in [-0.39, 0.29) is 0 Å². The summed E-state index contributed by atoms with van der Waals surface area (Å²) in [5.74, 6) is 1.78. The highest BCUT2D eigenvalue weighted by Crippen LogP contribution is 2.23. The van der Waals surface area contributed by atoms with Crippen LogP contribution in [-0.2, 0) is 9.47 Å². The first-order valence-corrected chi connectivity index (χ1v) is 10.5. The maximum absolute atomic E-state index is 5.19. The Hall–Kier alpha value is -1.48. The summed E-state index contributed by atoms with van der Waals surface area (Å²) in [5.41, 5.74) is 0. The highest BCUT2D eigenvalue weighted by Gasteiger charge is 2.23. The zero-order chi connectivity index (χ0) is 19.6. The number of ether oxygens (including phenoxy) is 2. The fourth-order valence-electron chi connectivity index (χ4n) is 3.98. The molecular weight excluding hydrogens is 356 g/mol. The van der Waals surface area contributed by atoms with E-state index in [9.17, 15) is 0 Å². The molecule has 2 fully saturated rings. The molecule has 0 spiro atoms. The van der Waals surface area contributed by atoms with Crippen LogP contribution in [0.2, 0.25) is 0 Å². The number of hydrogen-bond acceptors (Lipinski definition) is 8. The fraction of sp³-hybridized carbons (Fsp3) is 0.800. The molecule has 0 unspecified atom stereocenters. The van der Waals surface area contributed by atoms with Crippen LogP contribution in [-0.4, -0.2) is 98.6 Å². The second kappa shape index (κ2) is 11.5. The van der Waals surface area contributed by atoms with Gasteiger partial charge < -0.3 is 29.9 Å². The van der Waals surface area contributed by atoms with Crippen molar-refractivity contribution >= 4 is 11.6 Å². The lowest BCUT2D eigenvalue weighted by atomic mass is 10.0. The van der Waals surface area contributed by atoms with Crippen LogP contribution in [0.5, 0.6) is 0 Å². The van der Waals surface area contributed by atoms with Crippen LogP contribution in [0.25, 0.3) is 0 Å². The third-order valence-corrected chi connectivity index (χ3v) is 5.78. The first-order valence-electron chi connectivity index (χ1n) is 10.5. The Morgan fingerprint density at radius 3 is 1.54 bits per heavy atom. The molecule has 8 nitrogen and oxygen atoms in total. The number of aromatic nitrogens is 2. The molecule has 2 N–H and O–H groups in total. The number of nitrogens with zero attached hydrogens (tertiary/aromatic N) is 4. The molecule has 3 rings (SSSR count). The Labute approximate surface area is 169 Å². The number of anilines is 2. The molecule has 158 valence electrons. The molecule has 0 bridgehead atoms. The lowest BCUT2D eigenvalue weighted by Crippen LogP contribution is -2.41. The summed E-state index contributed by atoms with van der Waals surface area (Å²) in [5, 5.41) is 7.26. The minimum Gasteiger partial charge on any atom is -0.383 e. The zero-order valence-electron chi connectivity index (χ0n) is 17.4. The second-order valence-electron chi connectivity index (χ2n) is 7.76. The van der Waals surface area contributed by atoms with Crippen molar-refractivity contribution in [3.63, 3.8) is 0 Å². The molecule has 0 saturated carbocycles. The van der Waals surface area contributed by atoms with E-state index in [0.29, 0.717) is 12.1 Å². The Balaban J connectivity index is 1.46. The van der Waals surface area contributed by atoms with Crippen molar-refractivity contribution in [2.24, 2.45) is 0 Å². The average molecular weight is 393 g/mol. The van der Waals surface area contributed by atoms with Crippen molar-refractivity contribution in [1.29, 1.82) is 0 Å². The predicted molar refractivity (Wildman–Crippen MR) is 112 cm³/mol. The van der Waals surface area contributed by atoms with E-state index in [1.165, 1.54) is 0 Å². The third-order valence-electron chi connectivity index (χ3n) is 5.78. The minimum atomic E-state index is 0.451. The number of piperidine rings is 2. The average Bonchev–Trinajstić information content (AvgIpc) is 2.74. The molecule has 1 aromatic heterocycles. The summed E-state index contributed by atoms with van der Waals surface area (Å²) in [6.45, 7) is 8.05. The number of hydrogen-bond donors (Lipinski definition) is 2. The summed E-state index contributed by atoms with van der Waals surface area (Å²) in [7, 11) is 3.53. The van der Waals surface area contributed by atoms with E-state index >= 15 is 0 Å². The molecule has 0 amide bonds. The standard InChI is InChI=1S/C20H36N6O2/c1-27-15-13-25-9-3-17(4-10-25)23-19-20(22-8-7-21-19)24-18-5-11-26(12-6-18)14-16-28-2/h7-8,17-18H,3-6,9-16H2,1-2H3,(H,21,23)(H,22,24). The Morgan fingerprint density at radius 1 is 0.786 bits per heavy atom. The lowest BCUT2D eigenvalue weighted by Gasteiger charge is -2.34.